The number of hydrogen-bond acceptors (Lipinski definition) is 4. The molecular formula is C20H28F2N2O3. The number of esters is 1. The molecule has 1 unspecified atom stereocenters. The molecule has 1 aliphatic rings. The van der Waals surface area contributed by atoms with E-state index >= 15 is 0 Å². The molecule has 1 fully saturated rings. The van der Waals surface area contributed by atoms with Crippen LogP contribution in [0.4, 0.5) is 8.78 Å². The van der Waals surface area contributed by atoms with E-state index in [0.717, 1.165) is 18.2 Å². The van der Waals surface area contributed by atoms with E-state index in [4.69, 9.17) is 0 Å². The van der Waals surface area contributed by atoms with Crippen molar-refractivity contribution in [2.45, 2.75) is 46.2 Å². The van der Waals surface area contributed by atoms with Gasteiger partial charge in [-0.1, -0.05) is 32.6 Å². The lowest BCUT2D eigenvalue weighted by molar-refractivity contribution is -0.144. The molecule has 27 heavy (non-hydrogen) atoms. The third kappa shape index (κ3) is 7.00. The third-order valence-electron chi connectivity index (χ3n) is 4.09. The van der Waals surface area contributed by atoms with E-state index in [9.17, 15) is 18.4 Å². The van der Waals surface area contributed by atoms with Gasteiger partial charge in [-0.15, -0.1) is 0 Å². The minimum Gasteiger partial charge on any atom is -0.467 e. The number of ether oxygens (including phenoxy) is 1. The van der Waals surface area contributed by atoms with Crippen molar-refractivity contribution in [2.24, 2.45) is 5.92 Å². The van der Waals surface area contributed by atoms with E-state index in [2.05, 4.69) is 16.6 Å². The van der Waals surface area contributed by atoms with Crippen molar-refractivity contribution in [2.75, 3.05) is 13.7 Å². The van der Waals surface area contributed by atoms with Crippen LogP contribution in [0.3, 0.4) is 0 Å². The van der Waals surface area contributed by atoms with Crippen LogP contribution < -0.4 is 5.32 Å². The number of rotatable bonds is 6. The first-order valence-electron chi connectivity index (χ1n) is 8.87. The highest BCUT2D eigenvalue weighted by molar-refractivity contribution is 5.78. The number of likely N-dealkylation sites (tertiary alicyclic amines) is 1. The minimum absolute atomic E-state index is 0.0126. The predicted octanol–water partition coefficient (Wildman–Crippen LogP) is 3.39. The predicted molar refractivity (Wildman–Crippen MR) is 99.6 cm³/mol. The van der Waals surface area contributed by atoms with Gasteiger partial charge in [0.15, 0.2) is 11.6 Å². The molecule has 0 aromatic heterocycles. The lowest BCUT2D eigenvalue weighted by Crippen LogP contribution is -2.40. The fourth-order valence-corrected chi connectivity index (χ4v) is 2.64. The normalized spacial score (nSPS) is 14.5. The van der Waals surface area contributed by atoms with Crippen LogP contribution >= 0.6 is 0 Å². The molecule has 0 saturated carbocycles. The summed E-state index contributed by atoms with van der Waals surface area (Å²) in [5.74, 6) is -1.74. The number of benzene rings is 1. The van der Waals surface area contributed by atoms with Gasteiger partial charge < -0.3 is 15.0 Å². The largest absolute Gasteiger partial charge is 0.467 e. The van der Waals surface area contributed by atoms with Crippen molar-refractivity contribution < 1.29 is 23.1 Å². The molecule has 2 rings (SSSR count). The monoisotopic (exact) mass is 382 g/mol. The van der Waals surface area contributed by atoms with E-state index in [-0.39, 0.29) is 35.9 Å². The highest BCUT2D eigenvalue weighted by atomic mass is 19.2. The topological polar surface area (TPSA) is 58.6 Å². The standard InChI is InChI=1S/C11H11F2NO.C9H17NO2/c12-9-4-1-3-8(11(9)13)7-14-6-2-5-10(14)15;1-6(2)8(9(11)12-5)10-7(3)4/h1,3-4H,2,5-7H2;6,8,10H,3H2,1-2,4-5H3. The zero-order valence-electron chi connectivity index (χ0n) is 16.4. The Labute approximate surface area is 159 Å². The second-order valence-corrected chi connectivity index (χ2v) is 6.80. The molecule has 0 radical (unpaired) electrons. The molecule has 5 nitrogen and oxygen atoms in total. The molecule has 1 aromatic carbocycles. The number of hydrogen-bond donors (Lipinski definition) is 1. The van der Waals surface area contributed by atoms with Gasteiger partial charge in [-0.2, -0.15) is 0 Å². The molecule has 0 spiro atoms. The maximum absolute atomic E-state index is 13.3. The second-order valence-electron chi connectivity index (χ2n) is 6.80. The number of allylic oxidation sites excluding steroid dienone is 1. The maximum atomic E-state index is 13.3. The third-order valence-corrected chi connectivity index (χ3v) is 4.09. The first-order chi connectivity index (χ1) is 12.7. The molecule has 1 saturated heterocycles. The van der Waals surface area contributed by atoms with E-state index in [1.807, 2.05) is 20.8 Å². The van der Waals surface area contributed by atoms with Crippen LogP contribution in [0.1, 0.15) is 39.2 Å². The van der Waals surface area contributed by atoms with Gasteiger partial charge in [-0.05, 0) is 25.3 Å². The van der Waals surface area contributed by atoms with Crippen molar-refractivity contribution in [1.29, 1.82) is 0 Å². The summed E-state index contributed by atoms with van der Waals surface area (Å²) in [7, 11) is 1.39. The van der Waals surface area contributed by atoms with Crippen molar-refractivity contribution in [3.63, 3.8) is 0 Å². The Morgan fingerprint density at radius 1 is 1.37 bits per heavy atom. The molecule has 1 aliphatic heterocycles. The van der Waals surface area contributed by atoms with Crippen molar-refractivity contribution in [3.8, 4) is 0 Å². The summed E-state index contributed by atoms with van der Waals surface area (Å²) in [6.45, 7) is 10.2. The number of amides is 1. The zero-order valence-corrected chi connectivity index (χ0v) is 16.4. The second kappa shape index (κ2) is 10.6. The summed E-state index contributed by atoms with van der Waals surface area (Å²) in [5, 5.41) is 2.96. The molecule has 1 aromatic rings. The molecule has 0 bridgehead atoms. The highest BCUT2D eigenvalue weighted by Gasteiger charge is 2.22. The van der Waals surface area contributed by atoms with Gasteiger partial charge in [0.25, 0.3) is 0 Å². The Balaban J connectivity index is 0.000000279. The average molecular weight is 382 g/mol. The molecule has 0 aliphatic carbocycles. The van der Waals surface area contributed by atoms with Crippen molar-refractivity contribution in [3.05, 3.63) is 47.7 Å². The summed E-state index contributed by atoms with van der Waals surface area (Å²) in [6.07, 6.45) is 1.31. The fraction of sp³-hybridized carbons (Fsp3) is 0.500. The maximum Gasteiger partial charge on any atom is 0.328 e. The number of halogens is 2. The van der Waals surface area contributed by atoms with Gasteiger partial charge in [-0.3, -0.25) is 4.79 Å². The highest BCUT2D eigenvalue weighted by Crippen LogP contribution is 2.17. The molecular weight excluding hydrogens is 354 g/mol. The summed E-state index contributed by atoms with van der Waals surface area (Å²) in [4.78, 5) is 24.0. The molecule has 1 amide bonds. The van der Waals surface area contributed by atoms with Crippen LogP contribution in [0.2, 0.25) is 0 Å². The summed E-state index contributed by atoms with van der Waals surface area (Å²) < 4.78 is 30.8. The average Bonchev–Trinajstić information content (AvgIpc) is 3.01. The molecule has 1 atom stereocenters. The number of methoxy groups -OCH3 is 1. The molecule has 1 heterocycles. The van der Waals surface area contributed by atoms with E-state index in [1.165, 1.54) is 19.2 Å². The first kappa shape index (κ1) is 22.6. The minimum atomic E-state index is -0.862. The molecule has 1 N–H and O–H groups in total. The summed E-state index contributed by atoms with van der Waals surface area (Å²) >= 11 is 0. The van der Waals surface area contributed by atoms with Crippen LogP contribution in [-0.2, 0) is 20.9 Å². The Bertz CT molecular complexity index is 677. The van der Waals surface area contributed by atoms with Gasteiger partial charge in [0.1, 0.15) is 6.04 Å². The van der Waals surface area contributed by atoms with Gasteiger partial charge in [0, 0.05) is 30.8 Å². The van der Waals surface area contributed by atoms with Crippen LogP contribution in [0.25, 0.3) is 0 Å². The Morgan fingerprint density at radius 2 is 2.04 bits per heavy atom. The zero-order chi connectivity index (χ0) is 20.6. The van der Waals surface area contributed by atoms with E-state index < -0.39 is 11.6 Å². The van der Waals surface area contributed by atoms with Gasteiger partial charge in [0.2, 0.25) is 5.91 Å². The van der Waals surface area contributed by atoms with Crippen LogP contribution in [-0.4, -0.2) is 36.5 Å². The van der Waals surface area contributed by atoms with Crippen LogP contribution in [0.5, 0.6) is 0 Å². The quantitative estimate of drug-likeness (QED) is 0.766. The van der Waals surface area contributed by atoms with Gasteiger partial charge in [-0.25, -0.2) is 13.6 Å². The summed E-state index contributed by atoms with van der Waals surface area (Å²) in [5.41, 5.74) is 1.02. The van der Waals surface area contributed by atoms with Crippen LogP contribution in [0, 0.1) is 17.6 Å². The first-order valence-corrected chi connectivity index (χ1v) is 8.87. The number of nitrogens with one attached hydrogen (secondary N) is 1. The Kier molecular flexibility index (Phi) is 8.91. The molecule has 150 valence electrons. The number of carbonyl (C=O) groups is 2. The van der Waals surface area contributed by atoms with Gasteiger partial charge >= 0.3 is 5.97 Å². The van der Waals surface area contributed by atoms with Gasteiger partial charge in [0.05, 0.1) is 7.11 Å². The number of carbonyl (C=O) groups excluding carboxylic acids is 2. The fourth-order valence-electron chi connectivity index (χ4n) is 2.64. The lowest BCUT2D eigenvalue weighted by atomic mass is 10.0. The van der Waals surface area contributed by atoms with Crippen molar-refractivity contribution in [1.82, 2.24) is 10.2 Å². The smallest absolute Gasteiger partial charge is 0.328 e. The van der Waals surface area contributed by atoms with E-state index in [0.29, 0.717) is 13.0 Å². The Hall–Kier alpha value is -2.44. The van der Waals surface area contributed by atoms with Crippen LogP contribution in [0.15, 0.2) is 30.5 Å². The van der Waals surface area contributed by atoms with E-state index in [1.54, 1.807) is 4.90 Å². The van der Waals surface area contributed by atoms with Crippen molar-refractivity contribution >= 4 is 11.9 Å². The Morgan fingerprint density at radius 3 is 2.52 bits per heavy atom. The SMILES string of the molecule is C=C(C)NC(C(=O)OC)C(C)C.O=C1CCCN1Cc1cccc(F)c1F. The number of nitrogens with zero attached hydrogens (tertiary/aromatic N) is 1. The lowest BCUT2D eigenvalue weighted by Gasteiger charge is -2.20. The summed E-state index contributed by atoms with van der Waals surface area (Å²) in [6, 6.07) is 3.75. The molecule has 7 heteroatoms.